The second kappa shape index (κ2) is 2.42. The average molecular weight is 165 g/mol. The molecule has 0 spiro atoms. The van der Waals surface area contributed by atoms with Crippen LogP contribution < -0.4 is 5.43 Å². The first-order valence-electron chi connectivity index (χ1n) is 2.13. The average Bonchev–Trinajstić information content (AvgIpc) is 1.83. The smallest absolute Gasteiger partial charge is 0.222 e. The number of halogens is 2. The summed E-state index contributed by atoms with van der Waals surface area (Å²) in [6.07, 6.45) is 2.27. The van der Waals surface area contributed by atoms with Crippen molar-refractivity contribution in [1.29, 1.82) is 0 Å². The monoisotopic (exact) mass is 164 g/mol. The van der Waals surface area contributed by atoms with E-state index in [-0.39, 0.29) is 10.0 Å². The molecule has 48 valence electrons. The first kappa shape index (κ1) is 6.65. The second-order valence-electron chi connectivity index (χ2n) is 1.40. The van der Waals surface area contributed by atoms with Gasteiger partial charge in [0, 0.05) is 0 Å². The fourth-order valence-electron chi connectivity index (χ4n) is 0.375. The Hall–Kier alpha value is -0.470. The Bertz CT molecular complexity index is 243. The van der Waals surface area contributed by atoms with Gasteiger partial charge in [0.25, 0.3) is 0 Å². The maximum absolute atomic E-state index is 10.6. The molecule has 0 aliphatic heterocycles. The molecule has 0 N–H and O–H groups in total. The molecule has 9 heavy (non-hydrogen) atoms. The van der Waals surface area contributed by atoms with Gasteiger partial charge in [0.05, 0.1) is 0 Å². The largest absolute Gasteiger partial charge is 0.469 e. The van der Waals surface area contributed by atoms with Crippen LogP contribution in [0.25, 0.3) is 0 Å². The van der Waals surface area contributed by atoms with E-state index in [1.165, 1.54) is 0 Å². The lowest BCUT2D eigenvalue weighted by Gasteiger charge is -1.86. The summed E-state index contributed by atoms with van der Waals surface area (Å²) in [7, 11) is 0. The molecule has 0 unspecified atom stereocenters. The number of hydrogen-bond acceptors (Lipinski definition) is 2. The lowest BCUT2D eigenvalue weighted by molar-refractivity contribution is 0.549. The van der Waals surface area contributed by atoms with Crippen LogP contribution in [0.3, 0.4) is 0 Å². The summed E-state index contributed by atoms with van der Waals surface area (Å²) in [6.45, 7) is 0. The van der Waals surface area contributed by atoms with Crippen LogP contribution in [-0.4, -0.2) is 0 Å². The topological polar surface area (TPSA) is 30.2 Å². The van der Waals surface area contributed by atoms with E-state index in [0.29, 0.717) is 0 Å². The molecule has 0 atom stereocenters. The Morgan fingerprint density at radius 1 is 1.22 bits per heavy atom. The van der Waals surface area contributed by atoms with Gasteiger partial charge in [0.1, 0.15) is 22.6 Å². The summed E-state index contributed by atoms with van der Waals surface area (Å²) in [5, 5.41) is 0.00463. The van der Waals surface area contributed by atoms with Crippen molar-refractivity contribution >= 4 is 23.2 Å². The third kappa shape index (κ3) is 1.26. The van der Waals surface area contributed by atoms with Crippen LogP contribution in [-0.2, 0) is 0 Å². The van der Waals surface area contributed by atoms with Crippen molar-refractivity contribution < 1.29 is 4.42 Å². The molecule has 0 radical (unpaired) electrons. The van der Waals surface area contributed by atoms with Gasteiger partial charge in [-0.2, -0.15) is 0 Å². The quantitative estimate of drug-likeness (QED) is 0.587. The Labute approximate surface area is 61.0 Å². The van der Waals surface area contributed by atoms with Gasteiger partial charge >= 0.3 is 0 Å². The van der Waals surface area contributed by atoms with E-state index in [4.69, 9.17) is 23.2 Å². The summed E-state index contributed by atoms with van der Waals surface area (Å²) in [5.41, 5.74) is -0.399. The van der Waals surface area contributed by atoms with E-state index >= 15 is 0 Å². The minimum Gasteiger partial charge on any atom is -0.469 e. The van der Waals surface area contributed by atoms with Crippen LogP contribution >= 0.6 is 23.2 Å². The molecule has 0 aliphatic rings. The van der Waals surface area contributed by atoms with E-state index in [9.17, 15) is 4.79 Å². The lowest BCUT2D eigenvalue weighted by Crippen LogP contribution is -1.99. The van der Waals surface area contributed by atoms with E-state index < -0.39 is 5.43 Å². The molecule has 1 rings (SSSR count). The third-order valence-corrected chi connectivity index (χ3v) is 1.30. The molecule has 1 heterocycles. The Morgan fingerprint density at radius 3 is 2.00 bits per heavy atom. The van der Waals surface area contributed by atoms with Crippen molar-refractivity contribution in [3.05, 3.63) is 32.8 Å². The van der Waals surface area contributed by atoms with Crippen LogP contribution in [0.15, 0.2) is 21.7 Å². The van der Waals surface area contributed by atoms with Crippen LogP contribution in [0.1, 0.15) is 0 Å². The van der Waals surface area contributed by atoms with E-state index in [0.717, 1.165) is 12.5 Å². The lowest BCUT2D eigenvalue weighted by atomic mass is 10.5. The van der Waals surface area contributed by atoms with E-state index in [1.54, 1.807) is 0 Å². The zero-order valence-corrected chi connectivity index (χ0v) is 5.74. The highest BCUT2D eigenvalue weighted by molar-refractivity contribution is 6.34. The molecule has 0 aromatic carbocycles. The molecule has 0 bridgehead atoms. The zero-order valence-electron chi connectivity index (χ0n) is 4.23. The minimum absolute atomic E-state index is 0.00231. The van der Waals surface area contributed by atoms with Gasteiger partial charge in [-0.15, -0.1) is 0 Å². The maximum Gasteiger partial charge on any atom is 0.222 e. The first-order chi connectivity index (χ1) is 4.22. The first-order valence-corrected chi connectivity index (χ1v) is 2.89. The van der Waals surface area contributed by atoms with Crippen LogP contribution in [0.4, 0.5) is 0 Å². The highest BCUT2D eigenvalue weighted by atomic mass is 35.5. The molecule has 0 saturated heterocycles. The molecule has 4 heteroatoms. The zero-order chi connectivity index (χ0) is 6.85. The summed E-state index contributed by atoms with van der Waals surface area (Å²) >= 11 is 10.6. The Kier molecular flexibility index (Phi) is 1.78. The van der Waals surface area contributed by atoms with Crippen molar-refractivity contribution in [3.63, 3.8) is 0 Å². The van der Waals surface area contributed by atoms with Gasteiger partial charge < -0.3 is 4.42 Å². The maximum atomic E-state index is 10.6. The van der Waals surface area contributed by atoms with Crippen LogP contribution in [0.2, 0.25) is 10.0 Å². The molecule has 0 amide bonds. The van der Waals surface area contributed by atoms with Gasteiger partial charge in [0.15, 0.2) is 0 Å². The molecule has 2 nitrogen and oxygen atoms in total. The van der Waals surface area contributed by atoms with E-state index in [1.807, 2.05) is 0 Å². The van der Waals surface area contributed by atoms with Gasteiger partial charge in [0.2, 0.25) is 5.43 Å². The summed E-state index contributed by atoms with van der Waals surface area (Å²) < 4.78 is 4.56. The fourth-order valence-corrected chi connectivity index (χ4v) is 0.729. The highest BCUT2D eigenvalue weighted by Gasteiger charge is 1.99. The third-order valence-electron chi connectivity index (χ3n) is 0.777. The standard InChI is InChI=1S/C5H2Cl2O2/c6-3-1-9-2-4(7)5(3)8/h1-2H. The van der Waals surface area contributed by atoms with E-state index in [2.05, 4.69) is 4.42 Å². The van der Waals surface area contributed by atoms with Crippen molar-refractivity contribution in [2.24, 2.45) is 0 Å². The highest BCUT2D eigenvalue weighted by Crippen LogP contribution is 2.06. The van der Waals surface area contributed by atoms with Crippen LogP contribution in [0, 0.1) is 0 Å². The SMILES string of the molecule is O=c1c(Cl)cocc1Cl. The predicted octanol–water partition coefficient (Wildman–Crippen LogP) is 1.95. The fraction of sp³-hybridized carbons (Fsp3) is 0. The Morgan fingerprint density at radius 2 is 1.67 bits per heavy atom. The normalized spacial score (nSPS) is 9.56. The number of rotatable bonds is 0. The van der Waals surface area contributed by atoms with Crippen LogP contribution in [0.5, 0.6) is 0 Å². The summed E-state index contributed by atoms with van der Waals surface area (Å²) in [4.78, 5) is 10.6. The van der Waals surface area contributed by atoms with Crippen molar-refractivity contribution in [1.82, 2.24) is 0 Å². The van der Waals surface area contributed by atoms with Gasteiger partial charge in [-0.25, -0.2) is 0 Å². The van der Waals surface area contributed by atoms with Gasteiger partial charge in [-0.3, -0.25) is 4.79 Å². The molecule has 0 aliphatic carbocycles. The summed E-state index contributed by atoms with van der Waals surface area (Å²) in [6, 6.07) is 0. The molecular weight excluding hydrogens is 163 g/mol. The molecule has 0 saturated carbocycles. The Balaban J connectivity index is 3.43. The number of hydrogen-bond donors (Lipinski definition) is 0. The second-order valence-corrected chi connectivity index (χ2v) is 2.21. The van der Waals surface area contributed by atoms with Crippen molar-refractivity contribution in [2.45, 2.75) is 0 Å². The molecule has 1 aromatic rings. The molecule has 1 aromatic heterocycles. The summed E-state index contributed by atoms with van der Waals surface area (Å²) in [5.74, 6) is 0. The molecule has 0 fully saturated rings. The predicted molar refractivity (Wildman–Crippen MR) is 35.0 cm³/mol. The van der Waals surface area contributed by atoms with Gasteiger partial charge in [-0.05, 0) is 0 Å². The minimum atomic E-state index is -0.399. The molecular formula is C5H2Cl2O2. The van der Waals surface area contributed by atoms with Crippen molar-refractivity contribution in [2.75, 3.05) is 0 Å². The van der Waals surface area contributed by atoms with Crippen molar-refractivity contribution in [3.8, 4) is 0 Å². The van der Waals surface area contributed by atoms with Gasteiger partial charge in [-0.1, -0.05) is 23.2 Å².